The van der Waals surface area contributed by atoms with E-state index in [1.807, 2.05) is 11.8 Å². The molecule has 0 saturated carbocycles. The summed E-state index contributed by atoms with van der Waals surface area (Å²) >= 11 is 5.96. The number of thioether (sulfide) groups is 1. The van der Waals surface area contributed by atoms with E-state index in [0.717, 1.165) is 0 Å². The van der Waals surface area contributed by atoms with Crippen LogP contribution in [0.15, 0.2) is 15.7 Å². The number of hydrogen-bond acceptors (Lipinski definition) is 2. The lowest BCUT2D eigenvalue weighted by molar-refractivity contribution is 1.64. The maximum absolute atomic E-state index is 2.35. The molecule has 0 aromatic carbocycles. The molecule has 0 nitrogen and oxygen atoms in total. The van der Waals surface area contributed by atoms with Crippen LogP contribution in [0, 0.1) is 3.57 Å². The zero-order chi connectivity index (χ0) is 5.98. The highest BCUT2D eigenvalue weighted by Gasteiger charge is 1.95. The molecular weight excluding hydrogens is 251 g/mol. The number of thiophene rings is 1. The Hall–Kier alpha value is 0.780. The number of halogens is 1. The molecule has 44 valence electrons. The molecule has 0 N–H and O–H groups in total. The minimum Gasteiger partial charge on any atom is -0.136 e. The van der Waals surface area contributed by atoms with Crippen LogP contribution >= 0.6 is 45.7 Å². The van der Waals surface area contributed by atoms with Crippen molar-refractivity contribution in [2.24, 2.45) is 0 Å². The molecule has 0 aliphatic heterocycles. The van der Waals surface area contributed by atoms with Gasteiger partial charge >= 0.3 is 0 Å². The number of hydrogen-bond donors (Lipinski definition) is 0. The van der Waals surface area contributed by atoms with Gasteiger partial charge in [0.15, 0.2) is 0 Å². The van der Waals surface area contributed by atoms with Crippen molar-refractivity contribution in [2.75, 3.05) is 6.26 Å². The smallest absolute Gasteiger partial charge is 0.0729 e. The molecule has 0 radical (unpaired) electrons. The van der Waals surface area contributed by atoms with Gasteiger partial charge in [0.25, 0.3) is 0 Å². The van der Waals surface area contributed by atoms with Gasteiger partial charge < -0.3 is 0 Å². The fourth-order valence-corrected chi connectivity index (χ4v) is 3.21. The van der Waals surface area contributed by atoms with Crippen molar-refractivity contribution in [1.82, 2.24) is 0 Å². The lowest BCUT2D eigenvalue weighted by Crippen LogP contribution is -1.59. The van der Waals surface area contributed by atoms with Crippen LogP contribution in [0.1, 0.15) is 0 Å². The van der Waals surface area contributed by atoms with Crippen molar-refractivity contribution in [1.29, 1.82) is 0 Å². The van der Waals surface area contributed by atoms with E-state index in [0.29, 0.717) is 0 Å². The zero-order valence-corrected chi connectivity index (χ0v) is 8.14. The Morgan fingerprint density at radius 3 is 2.75 bits per heavy atom. The first-order valence-electron chi connectivity index (χ1n) is 2.11. The van der Waals surface area contributed by atoms with Gasteiger partial charge in [0.05, 0.1) is 4.21 Å². The van der Waals surface area contributed by atoms with Crippen molar-refractivity contribution in [2.45, 2.75) is 4.21 Å². The summed E-state index contributed by atoms with van der Waals surface area (Å²) in [5, 5.41) is 2.12. The Bertz CT molecular complexity index is 171. The maximum Gasteiger partial charge on any atom is 0.0729 e. The summed E-state index contributed by atoms with van der Waals surface area (Å²) in [6.45, 7) is 0. The van der Waals surface area contributed by atoms with Crippen LogP contribution in [0.3, 0.4) is 0 Å². The Morgan fingerprint density at radius 2 is 2.50 bits per heavy atom. The van der Waals surface area contributed by atoms with Gasteiger partial charge in [-0.25, -0.2) is 0 Å². The van der Waals surface area contributed by atoms with E-state index in [9.17, 15) is 0 Å². The summed E-state index contributed by atoms with van der Waals surface area (Å²) in [6.07, 6.45) is 2.11. The van der Waals surface area contributed by atoms with Gasteiger partial charge in [0, 0.05) is 3.57 Å². The molecule has 0 bridgehead atoms. The van der Waals surface area contributed by atoms with Crippen LogP contribution in [0.4, 0.5) is 0 Å². The predicted octanol–water partition coefficient (Wildman–Crippen LogP) is 3.07. The van der Waals surface area contributed by atoms with Crippen molar-refractivity contribution in [3.63, 3.8) is 0 Å². The van der Waals surface area contributed by atoms with E-state index in [2.05, 4.69) is 40.3 Å². The van der Waals surface area contributed by atoms with Gasteiger partial charge in [-0.2, -0.15) is 0 Å². The van der Waals surface area contributed by atoms with Crippen LogP contribution in [-0.4, -0.2) is 6.26 Å². The van der Waals surface area contributed by atoms with Gasteiger partial charge in [0.2, 0.25) is 0 Å². The van der Waals surface area contributed by atoms with Crippen LogP contribution in [0.25, 0.3) is 0 Å². The van der Waals surface area contributed by atoms with Crippen LogP contribution in [0.5, 0.6) is 0 Å². The fourth-order valence-electron chi connectivity index (χ4n) is 0.426. The third-order valence-electron chi connectivity index (χ3n) is 0.770. The van der Waals surface area contributed by atoms with E-state index in [1.165, 1.54) is 7.78 Å². The largest absolute Gasteiger partial charge is 0.136 e. The zero-order valence-electron chi connectivity index (χ0n) is 4.35. The summed E-state index contributed by atoms with van der Waals surface area (Å²) in [7, 11) is 0. The lowest BCUT2D eigenvalue weighted by atomic mass is 10.7. The molecule has 0 spiro atoms. The van der Waals surface area contributed by atoms with Gasteiger partial charge in [-0.1, -0.05) is 0 Å². The van der Waals surface area contributed by atoms with E-state index >= 15 is 0 Å². The van der Waals surface area contributed by atoms with Crippen LogP contribution < -0.4 is 0 Å². The lowest BCUT2D eigenvalue weighted by Gasteiger charge is -1.85. The van der Waals surface area contributed by atoms with Gasteiger partial charge in [-0.3, -0.25) is 0 Å². The molecule has 0 fully saturated rings. The molecule has 0 aliphatic carbocycles. The average molecular weight is 256 g/mol. The summed E-state index contributed by atoms with van der Waals surface area (Å²) in [5.41, 5.74) is 0. The summed E-state index contributed by atoms with van der Waals surface area (Å²) in [4.78, 5) is 0. The fraction of sp³-hybridized carbons (Fsp3) is 0.200. The molecule has 1 aromatic rings. The second-order valence-electron chi connectivity index (χ2n) is 1.26. The topological polar surface area (TPSA) is 0 Å². The SMILES string of the molecule is CSc1sccc1I. The van der Waals surface area contributed by atoms with E-state index in [4.69, 9.17) is 0 Å². The highest BCUT2D eigenvalue weighted by molar-refractivity contribution is 14.1. The second kappa shape index (κ2) is 3.08. The molecule has 0 aliphatic rings. The van der Waals surface area contributed by atoms with Gasteiger partial charge in [0.1, 0.15) is 0 Å². The predicted molar refractivity (Wildman–Crippen MR) is 48.8 cm³/mol. The highest BCUT2D eigenvalue weighted by Crippen LogP contribution is 2.27. The molecule has 3 heteroatoms. The van der Waals surface area contributed by atoms with Gasteiger partial charge in [-0.05, 0) is 40.3 Å². The molecule has 8 heavy (non-hydrogen) atoms. The Kier molecular flexibility index (Phi) is 2.65. The molecule has 0 unspecified atom stereocenters. The maximum atomic E-state index is 2.35. The molecular formula is C5H5IS2. The number of rotatable bonds is 1. The first-order valence-corrected chi connectivity index (χ1v) is 5.30. The summed E-state index contributed by atoms with van der Waals surface area (Å²) < 4.78 is 2.80. The molecule has 0 saturated heterocycles. The van der Waals surface area contributed by atoms with Crippen LogP contribution in [0.2, 0.25) is 0 Å². The second-order valence-corrected chi connectivity index (χ2v) is 4.41. The standard InChI is InChI=1S/C5H5IS2/c1-7-5-4(6)2-3-8-5/h2-3H,1H3. The Labute approximate surface area is 70.8 Å². The minimum atomic E-state index is 1.38. The molecule has 0 atom stereocenters. The van der Waals surface area contributed by atoms with Crippen LogP contribution in [-0.2, 0) is 0 Å². The third-order valence-corrected chi connectivity index (χ3v) is 4.49. The summed E-state index contributed by atoms with van der Waals surface area (Å²) in [6, 6.07) is 2.14. The summed E-state index contributed by atoms with van der Waals surface area (Å²) in [5.74, 6) is 0. The molecule has 1 heterocycles. The average Bonchev–Trinajstić information content (AvgIpc) is 2.14. The molecule has 1 aromatic heterocycles. The third kappa shape index (κ3) is 1.39. The van der Waals surface area contributed by atoms with Gasteiger partial charge in [-0.15, -0.1) is 23.1 Å². The minimum absolute atomic E-state index is 1.38. The normalized spacial score (nSPS) is 9.75. The first kappa shape index (κ1) is 6.89. The van der Waals surface area contributed by atoms with Crippen molar-refractivity contribution < 1.29 is 0 Å². The highest BCUT2D eigenvalue weighted by atomic mass is 127. The Morgan fingerprint density at radius 1 is 1.75 bits per heavy atom. The monoisotopic (exact) mass is 256 g/mol. The molecule has 0 amide bonds. The Balaban J connectivity index is 2.92. The van der Waals surface area contributed by atoms with E-state index in [1.54, 1.807) is 11.3 Å². The van der Waals surface area contributed by atoms with Crippen molar-refractivity contribution >= 4 is 45.7 Å². The quantitative estimate of drug-likeness (QED) is 0.549. The van der Waals surface area contributed by atoms with E-state index in [-0.39, 0.29) is 0 Å². The van der Waals surface area contributed by atoms with Crippen molar-refractivity contribution in [3.05, 3.63) is 15.0 Å². The first-order chi connectivity index (χ1) is 3.84. The molecule has 1 rings (SSSR count). The van der Waals surface area contributed by atoms with Crippen molar-refractivity contribution in [3.8, 4) is 0 Å². The van der Waals surface area contributed by atoms with E-state index < -0.39 is 0 Å².